The number of nitrogens with two attached hydrogens (primary N) is 1. The summed E-state index contributed by atoms with van der Waals surface area (Å²) in [4.78, 5) is 22.5. The molecule has 0 aromatic carbocycles. The maximum Gasteiger partial charge on any atom is 0.417 e. The lowest BCUT2D eigenvalue weighted by Gasteiger charge is -2.21. The number of hydrogen-bond donors (Lipinski definition) is 2. The maximum absolute atomic E-state index is 12.9. The van der Waals surface area contributed by atoms with E-state index >= 15 is 0 Å². The van der Waals surface area contributed by atoms with Crippen molar-refractivity contribution in [3.63, 3.8) is 0 Å². The lowest BCUT2D eigenvalue weighted by molar-refractivity contribution is -0.137. The Hall–Kier alpha value is -2.68. The zero-order valence-corrected chi connectivity index (χ0v) is 13.9. The first-order valence-electron chi connectivity index (χ1n) is 8.16. The van der Waals surface area contributed by atoms with Gasteiger partial charge in [0.25, 0.3) is 0 Å². The van der Waals surface area contributed by atoms with Crippen molar-refractivity contribution >= 4 is 17.4 Å². The van der Waals surface area contributed by atoms with Gasteiger partial charge in [0, 0.05) is 25.8 Å². The van der Waals surface area contributed by atoms with E-state index in [1.807, 2.05) is 4.90 Å². The normalized spacial score (nSPS) is 15.6. The van der Waals surface area contributed by atoms with Crippen molar-refractivity contribution in [2.24, 2.45) is 0 Å². The maximum atomic E-state index is 12.9. The summed E-state index contributed by atoms with van der Waals surface area (Å²) in [6.45, 7) is 3.22. The van der Waals surface area contributed by atoms with Crippen molar-refractivity contribution in [3.8, 4) is 0 Å². The molecule has 9 heteroatoms. The number of carbonyl (C=O) groups is 1. The first-order valence-corrected chi connectivity index (χ1v) is 8.16. The Morgan fingerprint density at radius 3 is 2.81 bits per heavy atom. The van der Waals surface area contributed by atoms with E-state index in [0.717, 1.165) is 38.7 Å². The fourth-order valence-corrected chi connectivity index (χ4v) is 2.75. The quantitative estimate of drug-likeness (QED) is 0.811. The molecular formula is C17H18F3N5O. The highest BCUT2D eigenvalue weighted by Gasteiger charge is 2.32. The third kappa shape index (κ3) is 3.93. The molecule has 6 nitrogen and oxygen atoms in total. The van der Waals surface area contributed by atoms with Crippen LogP contribution >= 0.6 is 0 Å². The number of pyridine rings is 2. The number of alkyl halides is 3. The lowest BCUT2D eigenvalue weighted by atomic mass is 10.1. The number of hydrogen-bond acceptors (Lipinski definition) is 6. The van der Waals surface area contributed by atoms with Crippen LogP contribution < -0.4 is 16.0 Å². The molecule has 0 saturated carbocycles. The lowest BCUT2D eigenvalue weighted by Crippen LogP contribution is -2.29. The number of nitrogen functional groups attached to an aromatic ring is 1. The third-order valence-electron chi connectivity index (χ3n) is 4.12. The number of aromatic nitrogens is 2. The van der Waals surface area contributed by atoms with E-state index in [1.165, 1.54) is 6.07 Å². The van der Waals surface area contributed by atoms with Crippen LogP contribution in [0.3, 0.4) is 0 Å². The number of nitrogens with one attached hydrogen (secondary N) is 1. The van der Waals surface area contributed by atoms with Crippen LogP contribution in [0, 0.1) is 0 Å². The molecular weight excluding hydrogens is 347 g/mol. The molecule has 3 N–H and O–H groups in total. The first kappa shape index (κ1) is 18.1. The molecule has 2 aromatic heterocycles. The molecule has 0 aliphatic carbocycles. The van der Waals surface area contributed by atoms with E-state index in [-0.39, 0.29) is 17.1 Å². The van der Waals surface area contributed by atoms with Gasteiger partial charge < -0.3 is 16.0 Å². The van der Waals surface area contributed by atoms with E-state index in [0.29, 0.717) is 12.0 Å². The van der Waals surface area contributed by atoms with Crippen LogP contribution in [0.2, 0.25) is 0 Å². The van der Waals surface area contributed by atoms with Crippen LogP contribution in [-0.2, 0) is 6.18 Å². The van der Waals surface area contributed by atoms with Gasteiger partial charge in [0.2, 0.25) is 5.78 Å². The monoisotopic (exact) mass is 365 g/mol. The SMILES string of the molecule is Nc1ncc(C(F)(F)F)cc1C(=O)c1cccc(N2CCCNCC2)n1. The topological polar surface area (TPSA) is 84.1 Å². The van der Waals surface area contributed by atoms with Crippen LogP contribution in [0.15, 0.2) is 30.5 Å². The van der Waals surface area contributed by atoms with Crippen LogP contribution in [0.5, 0.6) is 0 Å². The van der Waals surface area contributed by atoms with E-state index < -0.39 is 17.5 Å². The Kier molecular flexibility index (Phi) is 5.08. The molecule has 0 radical (unpaired) electrons. The molecule has 0 bridgehead atoms. The summed E-state index contributed by atoms with van der Waals surface area (Å²) in [6.07, 6.45) is -3.06. The summed E-state index contributed by atoms with van der Waals surface area (Å²) in [5, 5.41) is 3.27. The molecule has 1 aliphatic rings. The number of nitrogens with zero attached hydrogens (tertiary/aromatic N) is 3. The second-order valence-corrected chi connectivity index (χ2v) is 5.96. The van der Waals surface area contributed by atoms with Gasteiger partial charge in [-0.15, -0.1) is 0 Å². The average Bonchev–Trinajstić information content (AvgIpc) is 2.90. The minimum Gasteiger partial charge on any atom is -0.383 e. The standard InChI is InChI=1S/C17H18F3N5O/c18-17(19,20)11-9-12(16(21)23-10-11)15(26)13-3-1-4-14(24-13)25-7-2-5-22-6-8-25/h1,3-4,9-10,22H,2,5-8H2,(H2,21,23). The Labute approximate surface area is 148 Å². The number of carbonyl (C=O) groups excluding carboxylic acids is 1. The zero-order valence-electron chi connectivity index (χ0n) is 13.9. The summed E-state index contributed by atoms with van der Waals surface area (Å²) in [5.41, 5.74) is 4.33. The highest BCUT2D eigenvalue weighted by molar-refractivity contribution is 6.10. The Balaban J connectivity index is 1.92. The summed E-state index contributed by atoms with van der Waals surface area (Å²) in [5.74, 6) is -0.330. The predicted molar refractivity (Wildman–Crippen MR) is 91.0 cm³/mol. The van der Waals surface area contributed by atoms with Crippen molar-refractivity contribution in [1.82, 2.24) is 15.3 Å². The van der Waals surface area contributed by atoms with Gasteiger partial charge in [0.15, 0.2) is 0 Å². The fourth-order valence-electron chi connectivity index (χ4n) is 2.75. The van der Waals surface area contributed by atoms with E-state index in [2.05, 4.69) is 15.3 Å². The molecule has 1 aliphatic heterocycles. The number of halogens is 3. The van der Waals surface area contributed by atoms with Crippen molar-refractivity contribution in [2.75, 3.05) is 36.8 Å². The number of anilines is 2. The third-order valence-corrected chi connectivity index (χ3v) is 4.12. The van der Waals surface area contributed by atoms with Crippen LogP contribution in [0.4, 0.5) is 24.8 Å². The summed E-state index contributed by atoms with van der Waals surface area (Å²) in [7, 11) is 0. The molecule has 1 fully saturated rings. The number of ketones is 1. The van der Waals surface area contributed by atoms with E-state index in [9.17, 15) is 18.0 Å². The molecule has 138 valence electrons. The second-order valence-electron chi connectivity index (χ2n) is 5.96. The van der Waals surface area contributed by atoms with Crippen LogP contribution in [-0.4, -0.2) is 41.9 Å². The molecule has 2 aromatic rings. The van der Waals surface area contributed by atoms with E-state index in [4.69, 9.17) is 5.73 Å². The van der Waals surface area contributed by atoms with Crippen molar-refractivity contribution in [2.45, 2.75) is 12.6 Å². The van der Waals surface area contributed by atoms with Crippen molar-refractivity contribution in [1.29, 1.82) is 0 Å². The zero-order chi connectivity index (χ0) is 18.7. The summed E-state index contributed by atoms with van der Waals surface area (Å²) >= 11 is 0. The summed E-state index contributed by atoms with van der Waals surface area (Å²) < 4.78 is 38.7. The minimum absolute atomic E-state index is 0.0348. The average molecular weight is 365 g/mol. The van der Waals surface area contributed by atoms with Gasteiger partial charge in [0.05, 0.1) is 11.1 Å². The van der Waals surface area contributed by atoms with Gasteiger partial charge in [-0.25, -0.2) is 9.97 Å². The van der Waals surface area contributed by atoms with Crippen LogP contribution in [0.1, 0.15) is 28.0 Å². The highest BCUT2D eigenvalue weighted by Crippen LogP contribution is 2.30. The summed E-state index contributed by atoms with van der Waals surface area (Å²) in [6, 6.07) is 5.61. The Morgan fingerprint density at radius 1 is 1.23 bits per heavy atom. The van der Waals surface area contributed by atoms with Gasteiger partial charge >= 0.3 is 6.18 Å². The van der Waals surface area contributed by atoms with Gasteiger partial charge in [-0.1, -0.05) is 6.07 Å². The van der Waals surface area contributed by atoms with Gasteiger partial charge in [-0.3, -0.25) is 4.79 Å². The smallest absolute Gasteiger partial charge is 0.383 e. The van der Waals surface area contributed by atoms with Gasteiger partial charge in [-0.2, -0.15) is 13.2 Å². The second kappa shape index (κ2) is 7.28. The molecule has 3 rings (SSSR count). The van der Waals surface area contributed by atoms with Crippen LogP contribution in [0.25, 0.3) is 0 Å². The molecule has 26 heavy (non-hydrogen) atoms. The van der Waals surface area contributed by atoms with Gasteiger partial charge in [-0.05, 0) is 31.2 Å². The molecule has 0 amide bonds. The number of rotatable bonds is 3. The predicted octanol–water partition coefficient (Wildman–Crippen LogP) is 2.11. The Bertz CT molecular complexity index is 801. The van der Waals surface area contributed by atoms with E-state index in [1.54, 1.807) is 12.1 Å². The first-order chi connectivity index (χ1) is 12.4. The fraction of sp³-hybridized carbons (Fsp3) is 0.353. The minimum atomic E-state index is -4.61. The van der Waals surface area contributed by atoms with Crippen molar-refractivity contribution < 1.29 is 18.0 Å². The molecule has 0 unspecified atom stereocenters. The molecule has 0 spiro atoms. The molecule has 1 saturated heterocycles. The highest BCUT2D eigenvalue weighted by atomic mass is 19.4. The molecule has 0 atom stereocenters. The largest absolute Gasteiger partial charge is 0.417 e. The van der Waals surface area contributed by atoms with Crippen molar-refractivity contribution in [3.05, 3.63) is 47.3 Å². The van der Waals surface area contributed by atoms with Gasteiger partial charge in [0.1, 0.15) is 17.3 Å². The Morgan fingerprint density at radius 2 is 2.04 bits per heavy atom. The molecule has 3 heterocycles.